The first-order valence-corrected chi connectivity index (χ1v) is 7.90. The van der Waals surface area contributed by atoms with Crippen LogP contribution in [-0.4, -0.2) is 33.4 Å². The minimum Gasteiger partial charge on any atom is -0.338 e. The van der Waals surface area contributed by atoms with Crippen LogP contribution >= 0.6 is 12.2 Å². The van der Waals surface area contributed by atoms with Crippen molar-refractivity contribution >= 4 is 29.0 Å². The van der Waals surface area contributed by atoms with Crippen LogP contribution in [-0.2, 0) is 7.05 Å². The van der Waals surface area contributed by atoms with Crippen LogP contribution in [0.25, 0.3) is 10.9 Å². The maximum absolute atomic E-state index is 12.6. The number of nitrogens with zero attached hydrogens (tertiary/aromatic N) is 2. The number of likely N-dealkylation sites (tertiary alicyclic amines) is 1. The van der Waals surface area contributed by atoms with E-state index in [9.17, 15) is 9.59 Å². The highest BCUT2D eigenvalue weighted by atomic mass is 32.1. The summed E-state index contributed by atoms with van der Waals surface area (Å²) in [6.45, 7) is 3.76. The molecule has 1 saturated heterocycles. The van der Waals surface area contributed by atoms with E-state index in [2.05, 4.69) is 11.9 Å². The average molecular weight is 317 g/mol. The van der Waals surface area contributed by atoms with Crippen LogP contribution in [0.5, 0.6) is 0 Å². The van der Waals surface area contributed by atoms with Crippen LogP contribution in [0.4, 0.5) is 0 Å². The van der Waals surface area contributed by atoms with E-state index >= 15 is 0 Å². The van der Waals surface area contributed by atoms with E-state index in [4.69, 9.17) is 12.2 Å². The fraction of sp³-hybridized carbons (Fsp3) is 0.438. The van der Waals surface area contributed by atoms with Gasteiger partial charge in [0.1, 0.15) is 0 Å². The molecule has 1 N–H and O–H groups in total. The number of carbonyl (C=O) groups excluding carboxylic acids is 1. The van der Waals surface area contributed by atoms with E-state index < -0.39 is 0 Å². The predicted octanol–water partition coefficient (Wildman–Crippen LogP) is 2.47. The summed E-state index contributed by atoms with van der Waals surface area (Å²) in [5, 5.41) is 0.541. The van der Waals surface area contributed by atoms with Crippen molar-refractivity contribution in [2.24, 2.45) is 13.0 Å². The Morgan fingerprint density at radius 3 is 2.91 bits per heavy atom. The first kappa shape index (κ1) is 15.0. The largest absolute Gasteiger partial charge is 0.338 e. The standard InChI is InChI=1S/C16H19N3O2S/c1-10-4-3-7-19(9-10)14(20)11-5-6-12-13(8-11)17-16(22)18(2)15(12)21/h5-6,8,10H,3-4,7,9H2,1-2H3,(H,17,22). The van der Waals surface area contributed by atoms with Gasteiger partial charge in [-0.25, -0.2) is 0 Å². The zero-order valence-corrected chi connectivity index (χ0v) is 13.6. The van der Waals surface area contributed by atoms with Crippen molar-refractivity contribution < 1.29 is 4.79 Å². The van der Waals surface area contributed by atoms with Gasteiger partial charge in [0.25, 0.3) is 11.5 Å². The van der Waals surface area contributed by atoms with E-state index in [1.54, 1.807) is 25.2 Å². The molecule has 1 aliphatic rings. The monoisotopic (exact) mass is 317 g/mol. The SMILES string of the molecule is CC1CCCN(C(=O)c2ccc3c(=O)n(C)c(=S)[nH]c3c2)C1. The van der Waals surface area contributed by atoms with Crippen molar-refractivity contribution in [3.63, 3.8) is 0 Å². The Labute approximate surface area is 133 Å². The van der Waals surface area contributed by atoms with E-state index in [0.29, 0.717) is 27.2 Å². The number of aromatic amines is 1. The van der Waals surface area contributed by atoms with Crippen molar-refractivity contribution in [3.05, 3.63) is 38.9 Å². The summed E-state index contributed by atoms with van der Waals surface area (Å²) in [6.07, 6.45) is 2.22. The molecule has 2 aromatic rings. The number of nitrogens with one attached hydrogen (secondary N) is 1. The molecule has 1 unspecified atom stereocenters. The van der Waals surface area contributed by atoms with E-state index in [0.717, 1.165) is 19.5 Å². The minimum atomic E-state index is -0.149. The van der Waals surface area contributed by atoms with Crippen LogP contribution in [0.1, 0.15) is 30.1 Å². The number of hydrogen-bond donors (Lipinski definition) is 1. The van der Waals surface area contributed by atoms with Crippen molar-refractivity contribution in [2.75, 3.05) is 13.1 Å². The Balaban J connectivity index is 2.02. The average Bonchev–Trinajstić information content (AvgIpc) is 2.51. The van der Waals surface area contributed by atoms with E-state index in [1.165, 1.54) is 11.0 Å². The number of rotatable bonds is 1. The zero-order chi connectivity index (χ0) is 15.9. The third-order valence-electron chi connectivity index (χ3n) is 4.29. The predicted molar refractivity (Wildman–Crippen MR) is 88.7 cm³/mol. The molecule has 0 bridgehead atoms. The summed E-state index contributed by atoms with van der Waals surface area (Å²) >= 11 is 5.13. The summed E-state index contributed by atoms with van der Waals surface area (Å²) in [6, 6.07) is 5.15. The molecule has 2 heterocycles. The van der Waals surface area contributed by atoms with Crippen LogP contribution in [0, 0.1) is 10.7 Å². The van der Waals surface area contributed by atoms with Gasteiger partial charge in [0, 0.05) is 25.7 Å². The second kappa shape index (κ2) is 5.68. The van der Waals surface area contributed by atoms with Gasteiger partial charge in [-0.1, -0.05) is 6.92 Å². The molecule has 6 heteroatoms. The summed E-state index contributed by atoms with van der Waals surface area (Å²) in [5.74, 6) is 0.560. The Morgan fingerprint density at radius 1 is 1.41 bits per heavy atom. The molecule has 3 rings (SSSR count). The molecule has 22 heavy (non-hydrogen) atoms. The molecule has 5 nitrogen and oxygen atoms in total. The molecular formula is C16H19N3O2S. The quantitative estimate of drug-likeness (QED) is 0.822. The molecule has 1 fully saturated rings. The van der Waals surface area contributed by atoms with Crippen LogP contribution in [0.2, 0.25) is 0 Å². The molecule has 1 amide bonds. The zero-order valence-electron chi connectivity index (χ0n) is 12.8. The van der Waals surface area contributed by atoms with Crippen molar-refractivity contribution in [2.45, 2.75) is 19.8 Å². The van der Waals surface area contributed by atoms with Crippen molar-refractivity contribution in [1.82, 2.24) is 14.5 Å². The topological polar surface area (TPSA) is 58.1 Å². The number of hydrogen-bond acceptors (Lipinski definition) is 3. The second-order valence-electron chi connectivity index (χ2n) is 6.05. The molecule has 0 radical (unpaired) electrons. The molecule has 1 aromatic heterocycles. The van der Waals surface area contributed by atoms with Gasteiger partial charge in [0.05, 0.1) is 10.9 Å². The third kappa shape index (κ3) is 2.59. The number of benzene rings is 1. The van der Waals surface area contributed by atoms with E-state index in [1.807, 2.05) is 4.90 Å². The van der Waals surface area contributed by atoms with Gasteiger partial charge in [-0.05, 0) is 49.2 Å². The number of fused-ring (bicyclic) bond motifs is 1. The first-order valence-electron chi connectivity index (χ1n) is 7.49. The molecular weight excluding hydrogens is 298 g/mol. The van der Waals surface area contributed by atoms with Gasteiger partial charge in [-0.3, -0.25) is 14.2 Å². The van der Waals surface area contributed by atoms with Gasteiger partial charge >= 0.3 is 0 Å². The fourth-order valence-corrected chi connectivity index (χ4v) is 3.19. The number of piperidine rings is 1. The molecule has 0 aliphatic carbocycles. The smallest absolute Gasteiger partial charge is 0.261 e. The fourth-order valence-electron chi connectivity index (χ4n) is 3.00. The van der Waals surface area contributed by atoms with Gasteiger partial charge in [0.15, 0.2) is 4.77 Å². The molecule has 1 atom stereocenters. The molecule has 1 aromatic carbocycles. The first-order chi connectivity index (χ1) is 10.5. The lowest BCUT2D eigenvalue weighted by atomic mass is 9.99. The van der Waals surface area contributed by atoms with Crippen LogP contribution in [0.15, 0.2) is 23.0 Å². The van der Waals surface area contributed by atoms with Gasteiger partial charge in [0.2, 0.25) is 0 Å². The number of carbonyl (C=O) groups is 1. The van der Waals surface area contributed by atoms with Gasteiger partial charge in [-0.15, -0.1) is 0 Å². The number of aromatic nitrogens is 2. The number of amides is 1. The van der Waals surface area contributed by atoms with E-state index in [-0.39, 0.29) is 11.5 Å². The van der Waals surface area contributed by atoms with Crippen molar-refractivity contribution in [3.8, 4) is 0 Å². The normalized spacial score (nSPS) is 18.6. The highest BCUT2D eigenvalue weighted by Crippen LogP contribution is 2.19. The maximum Gasteiger partial charge on any atom is 0.261 e. The van der Waals surface area contributed by atoms with Gasteiger partial charge < -0.3 is 9.88 Å². The third-order valence-corrected chi connectivity index (χ3v) is 4.67. The van der Waals surface area contributed by atoms with Crippen molar-refractivity contribution in [1.29, 1.82) is 0 Å². The highest BCUT2D eigenvalue weighted by Gasteiger charge is 2.22. The Bertz CT molecular complexity index is 853. The summed E-state index contributed by atoms with van der Waals surface area (Å²) in [4.78, 5) is 29.7. The summed E-state index contributed by atoms with van der Waals surface area (Å²) in [7, 11) is 1.63. The van der Waals surface area contributed by atoms with Crippen LogP contribution < -0.4 is 5.56 Å². The lowest BCUT2D eigenvalue weighted by Gasteiger charge is -2.31. The molecule has 116 valence electrons. The molecule has 0 spiro atoms. The minimum absolute atomic E-state index is 0.0217. The second-order valence-corrected chi connectivity index (χ2v) is 6.44. The summed E-state index contributed by atoms with van der Waals surface area (Å²) in [5.41, 5.74) is 1.06. The lowest BCUT2D eigenvalue weighted by Crippen LogP contribution is -2.39. The lowest BCUT2D eigenvalue weighted by molar-refractivity contribution is 0.0683. The molecule has 0 saturated carbocycles. The van der Waals surface area contributed by atoms with Crippen LogP contribution in [0.3, 0.4) is 0 Å². The number of H-pyrrole nitrogens is 1. The Kier molecular flexibility index (Phi) is 3.87. The highest BCUT2D eigenvalue weighted by molar-refractivity contribution is 7.71. The maximum atomic E-state index is 12.6. The molecule has 1 aliphatic heterocycles. The van der Waals surface area contributed by atoms with Gasteiger partial charge in [-0.2, -0.15) is 0 Å². The Morgan fingerprint density at radius 2 is 2.18 bits per heavy atom. The Hall–Kier alpha value is -1.95. The summed E-state index contributed by atoms with van der Waals surface area (Å²) < 4.78 is 1.75.